The number of ether oxygens (including phenoxy) is 2. The number of nitrogen functional groups attached to an aromatic ring is 1. The predicted molar refractivity (Wildman–Crippen MR) is 77.7 cm³/mol. The van der Waals surface area contributed by atoms with E-state index in [0.29, 0.717) is 31.4 Å². The van der Waals surface area contributed by atoms with Gasteiger partial charge in [0.2, 0.25) is 0 Å². The number of esters is 1. The molecular weight excluding hydrogens is 258 g/mol. The summed E-state index contributed by atoms with van der Waals surface area (Å²) in [6, 6.07) is 0.0469. The molecule has 6 nitrogen and oxygen atoms in total. The predicted octanol–water partition coefficient (Wildman–Crippen LogP) is 2.05. The molecule has 1 atom stereocenters. The van der Waals surface area contributed by atoms with Gasteiger partial charge in [0, 0.05) is 13.5 Å². The highest BCUT2D eigenvalue weighted by Gasteiger charge is 2.26. The van der Waals surface area contributed by atoms with Crippen molar-refractivity contribution in [2.75, 3.05) is 26.1 Å². The van der Waals surface area contributed by atoms with E-state index in [2.05, 4.69) is 18.8 Å². The second-order valence-electron chi connectivity index (χ2n) is 4.97. The number of hydrogen-bond donors (Lipinski definition) is 1. The van der Waals surface area contributed by atoms with Crippen LogP contribution in [0.4, 0.5) is 5.82 Å². The number of aromatic nitrogens is 2. The molecule has 0 spiro atoms. The van der Waals surface area contributed by atoms with Gasteiger partial charge in [0.05, 0.1) is 19.3 Å². The number of hydrogen-bond acceptors (Lipinski definition) is 5. The molecule has 2 N–H and O–H groups in total. The number of rotatable bonds is 7. The van der Waals surface area contributed by atoms with Gasteiger partial charge in [-0.05, 0) is 12.8 Å². The van der Waals surface area contributed by atoms with E-state index in [4.69, 9.17) is 15.2 Å². The minimum atomic E-state index is -0.474. The number of anilines is 1. The minimum Gasteiger partial charge on any atom is -0.461 e. The molecule has 1 aromatic rings. The van der Waals surface area contributed by atoms with Crippen molar-refractivity contribution in [2.24, 2.45) is 5.92 Å². The van der Waals surface area contributed by atoms with Gasteiger partial charge in [0.25, 0.3) is 0 Å². The molecular formula is C14H25N3O3. The fourth-order valence-corrected chi connectivity index (χ4v) is 2.20. The summed E-state index contributed by atoms with van der Waals surface area (Å²) in [6.45, 7) is 8.75. The first kappa shape index (κ1) is 16.5. The lowest BCUT2D eigenvalue weighted by Gasteiger charge is -2.24. The number of carbonyl (C=O) groups excluding carboxylic acids is 1. The lowest BCUT2D eigenvalue weighted by atomic mass is 10.0. The van der Waals surface area contributed by atoms with Gasteiger partial charge in [0.1, 0.15) is 11.6 Å². The average Bonchev–Trinajstić information content (AvgIpc) is 2.73. The van der Waals surface area contributed by atoms with Gasteiger partial charge in [-0.15, -0.1) is 0 Å². The van der Waals surface area contributed by atoms with Crippen molar-refractivity contribution in [3.05, 3.63) is 11.5 Å². The molecule has 1 rings (SSSR count). The van der Waals surface area contributed by atoms with Crippen LogP contribution < -0.4 is 5.73 Å². The highest BCUT2D eigenvalue weighted by molar-refractivity contribution is 5.92. The Morgan fingerprint density at radius 1 is 1.40 bits per heavy atom. The van der Waals surface area contributed by atoms with E-state index in [1.807, 2.05) is 11.5 Å². The van der Waals surface area contributed by atoms with Crippen LogP contribution in [0.3, 0.4) is 0 Å². The molecule has 0 aliphatic carbocycles. The molecule has 0 aromatic carbocycles. The smallest absolute Gasteiger partial charge is 0.360 e. The molecule has 6 heteroatoms. The topological polar surface area (TPSA) is 79.4 Å². The zero-order chi connectivity index (χ0) is 15.3. The number of methoxy groups -OCH3 is 1. The first-order chi connectivity index (χ1) is 9.47. The molecule has 1 unspecified atom stereocenters. The van der Waals surface area contributed by atoms with Crippen LogP contribution in [-0.2, 0) is 15.9 Å². The Morgan fingerprint density at radius 2 is 2.05 bits per heavy atom. The summed E-state index contributed by atoms with van der Waals surface area (Å²) in [5.74, 6) is 0.975. The van der Waals surface area contributed by atoms with Crippen molar-refractivity contribution in [3.8, 4) is 0 Å². The van der Waals surface area contributed by atoms with Gasteiger partial charge < -0.3 is 19.8 Å². The summed E-state index contributed by atoms with van der Waals surface area (Å²) >= 11 is 0. The van der Waals surface area contributed by atoms with E-state index < -0.39 is 5.97 Å². The maximum atomic E-state index is 11.9. The van der Waals surface area contributed by atoms with Crippen molar-refractivity contribution >= 4 is 11.8 Å². The number of carbonyl (C=O) groups is 1. The summed E-state index contributed by atoms with van der Waals surface area (Å²) in [5.41, 5.74) is 6.32. The minimum absolute atomic E-state index is 0.0469. The molecule has 0 saturated carbocycles. The Hall–Kier alpha value is -1.56. The monoisotopic (exact) mass is 283 g/mol. The van der Waals surface area contributed by atoms with Crippen molar-refractivity contribution in [1.82, 2.24) is 9.55 Å². The summed E-state index contributed by atoms with van der Waals surface area (Å²) in [4.78, 5) is 16.2. The Labute approximate surface area is 120 Å². The Balaban J connectivity index is 3.26. The zero-order valence-corrected chi connectivity index (χ0v) is 13.0. The molecule has 0 amide bonds. The highest BCUT2D eigenvalue weighted by Crippen LogP contribution is 2.27. The van der Waals surface area contributed by atoms with Crippen LogP contribution in [0.5, 0.6) is 0 Å². The van der Waals surface area contributed by atoms with E-state index in [-0.39, 0.29) is 11.7 Å². The molecule has 0 saturated heterocycles. The third-order valence-electron chi connectivity index (χ3n) is 3.24. The van der Waals surface area contributed by atoms with Crippen molar-refractivity contribution in [3.63, 3.8) is 0 Å². The van der Waals surface area contributed by atoms with E-state index >= 15 is 0 Å². The average molecular weight is 283 g/mol. The fourth-order valence-electron chi connectivity index (χ4n) is 2.20. The number of imidazole rings is 1. The van der Waals surface area contributed by atoms with Crippen LogP contribution in [0.1, 0.15) is 50.0 Å². The van der Waals surface area contributed by atoms with Crippen LogP contribution in [0.15, 0.2) is 0 Å². The van der Waals surface area contributed by atoms with Crippen LogP contribution in [0.2, 0.25) is 0 Å². The molecule has 0 aliphatic rings. The van der Waals surface area contributed by atoms with Gasteiger partial charge in [0.15, 0.2) is 5.69 Å². The maximum Gasteiger partial charge on any atom is 0.360 e. The first-order valence-corrected chi connectivity index (χ1v) is 7.00. The lowest BCUT2D eigenvalue weighted by molar-refractivity contribution is 0.0521. The Kier molecular flexibility index (Phi) is 6.01. The summed E-state index contributed by atoms with van der Waals surface area (Å²) in [6.07, 6.45) is 0.691. The summed E-state index contributed by atoms with van der Waals surface area (Å²) in [5, 5.41) is 0. The first-order valence-electron chi connectivity index (χ1n) is 7.00. The highest BCUT2D eigenvalue weighted by atomic mass is 16.5. The molecule has 20 heavy (non-hydrogen) atoms. The molecule has 0 fully saturated rings. The fraction of sp³-hybridized carbons (Fsp3) is 0.714. The standard InChI is InChI=1S/C14H25N3O3/c1-6-11-16-12(14(18)20-7-2)13(15)17(11)10(8-19-5)9(3)4/h9-10H,6-8,15H2,1-5H3. The van der Waals surface area contributed by atoms with E-state index in [9.17, 15) is 4.79 Å². The van der Waals surface area contributed by atoms with Crippen LogP contribution in [0.25, 0.3) is 0 Å². The van der Waals surface area contributed by atoms with Crippen molar-refractivity contribution in [1.29, 1.82) is 0 Å². The van der Waals surface area contributed by atoms with Gasteiger partial charge in [-0.2, -0.15) is 0 Å². The number of nitrogens with two attached hydrogens (primary N) is 1. The van der Waals surface area contributed by atoms with Gasteiger partial charge in [-0.1, -0.05) is 20.8 Å². The number of aryl methyl sites for hydroxylation is 1. The van der Waals surface area contributed by atoms with E-state index in [1.54, 1.807) is 14.0 Å². The molecule has 0 bridgehead atoms. The Morgan fingerprint density at radius 3 is 2.50 bits per heavy atom. The molecule has 0 aliphatic heterocycles. The van der Waals surface area contributed by atoms with Gasteiger partial charge >= 0.3 is 5.97 Å². The van der Waals surface area contributed by atoms with Crippen LogP contribution in [-0.4, -0.2) is 35.8 Å². The summed E-state index contributed by atoms with van der Waals surface area (Å²) in [7, 11) is 1.65. The quantitative estimate of drug-likeness (QED) is 0.775. The number of nitrogens with zero attached hydrogens (tertiary/aromatic N) is 2. The second kappa shape index (κ2) is 7.28. The normalized spacial score (nSPS) is 12.7. The van der Waals surface area contributed by atoms with Crippen molar-refractivity contribution in [2.45, 2.75) is 40.2 Å². The molecule has 1 aromatic heterocycles. The molecule has 114 valence electrons. The lowest BCUT2D eigenvalue weighted by Crippen LogP contribution is -2.24. The third kappa shape index (κ3) is 3.30. The largest absolute Gasteiger partial charge is 0.461 e. The van der Waals surface area contributed by atoms with Crippen molar-refractivity contribution < 1.29 is 14.3 Å². The second-order valence-corrected chi connectivity index (χ2v) is 4.97. The third-order valence-corrected chi connectivity index (χ3v) is 3.24. The van der Waals surface area contributed by atoms with Crippen LogP contribution >= 0.6 is 0 Å². The zero-order valence-electron chi connectivity index (χ0n) is 13.0. The maximum absolute atomic E-state index is 11.9. The van der Waals surface area contributed by atoms with E-state index in [0.717, 1.165) is 5.82 Å². The molecule has 1 heterocycles. The Bertz CT molecular complexity index is 455. The SMILES string of the molecule is CCOC(=O)c1nc(CC)n(C(COC)C(C)C)c1N. The summed E-state index contributed by atoms with van der Waals surface area (Å²) < 4.78 is 12.2. The molecule has 0 radical (unpaired) electrons. The van der Waals surface area contributed by atoms with Gasteiger partial charge in [-0.25, -0.2) is 9.78 Å². The van der Waals surface area contributed by atoms with E-state index in [1.165, 1.54) is 0 Å². The van der Waals surface area contributed by atoms with Crippen LogP contribution in [0, 0.1) is 5.92 Å². The van der Waals surface area contributed by atoms with Gasteiger partial charge in [-0.3, -0.25) is 0 Å².